The average molecular weight is 438 g/mol. The molecule has 1 amide bonds. The van der Waals surface area contributed by atoms with Crippen LogP contribution in [0.1, 0.15) is 58.3 Å². The van der Waals surface area contributed by atoms with Crippen molar-refractivity contribution in [3.05, 3.63) is 0 Å². The second kappa shape index (κ2) is 8.52. The molecule has 8 heteroatoms. The number of halogens is 1. The maximum atomic E-state index is 15.6. The summed E-state index contributed by atoms with van der Waals surface area (Å²) in [5, 5.41) is 12.3. The number of nitrogens with zero attached hydrogens (tertiary/aromatic N) is 1. The minimum Gasteiger partial charge on any atom is -0.368 e. The third-order valence-electron chi connectivity index (χ3n) is 9.13. The summed E-state index contributed by atoms with van der Waals surface area (Å²) in [5.41, 5.74) is 1.95. The zero-order valence-corrected chi connectivity index (χ0v) is 19.1. The van der Waals surface area contributed by atoms with E-state index in [2.05, 4.69) is 33.3 Å². The number of fused-ring (bicyclic) bond motifs is 2. The zero-order valence-electron chi connectivity index (χ0n) is 19.1. The molecule has 1 saturated carbocycles. The molecular weight excluding hydrogens is 397 g/mol. The first-order valence-electron chi connectivity index (χ1n) is 12.5. The Kier molecular flexibility index (Phi) is 6.05. The molecule has 5 aliphatic rings. The Balaban J connectivity index is 1.41. The van der Waals surface area contributed by atoms with Gasteiger partial charge in [0, 0.05) is 31.7 Å². The van der Waals surface area contributed by atoms with Gasteiger partial charge in [-0.15, -0.1) is 0 Å². The van der Waals surface area contributed by atoms with E-state index in [0.29, 0.717) is 43.7 Å². The fourth-order valence-electron chi connectivity index (χ4n) is 7.55. The molecule has 0 aromatic rings. The van der Waals surface area contributed by atoms with E-state index in [0.717, 1.165) is 32.5 Å². The SMILES string of the molecule is CC[C@@]1(OC)C(=O)NC2NCCC(C3NN(CC4(F)CCNCC4)C4CCCCC34)C21. The minimum atomic E-state index is -1.11. The van der Waals surface area contributed by atoms with Crippen LogP contribution in [-0.2, 0) is 9.53 Å². The Labute approximate surface area is 185 Å². The number of alkyl halides is 1. The number of nitrogens with one attached hydrogen (secondary N) is 4. The molecule has 4 N–H and O–H groups in total. The van der Waals surface area contributed by atoms with Crippen LogP contribution in [0, 0.1) is 17.8 Å². The number of hydrogen-bond donors (Lipinski definition) is 4. The molecule has 5 fully saturated rings. The van der Waals surface area contributed by atoms with Crippen molar-refractivity contribution in [2.24, 2.45) is 17.8 Å². The molecule has 4 saturated heterocycles. The summed E-state index contributed by atoms with van der Waals surface area (Å²) in [6, 6.07) is 0.678. The number of carbonyl (C=O) groups is 1. The van der Waals surface area contributed by atoms with Gasteiger partial charge in [0.15, 0.2) is 5.60 Å². The van der Waals surface area contributed by atoms with Crippen LogP contribution >= 0.6 is 0 Å². The van der Waals surface area contributed by atoms with Crippen molar-refractivity contribution in [2.45, 2.75) is 87.8 Å². The van der Waals surface area contributed by atoms with Gasteiger partial charge < -0.3 is 15.4 Å². The molecule has 6 unspecified atom stereocenters. The second-order valence-electron chi connectivity index (χ2n) is 10.5. The van der Waals surface area contributed by atoms with Gasteiger partial charge in [0.05, 0.1) is 6.17 Å². The predicted molar refractivity (Wildman–Crippen MR) is 117 cm³/mol. The number of rotatable bonds is 5. The lowest BCUT2D eigenvalue weighted by Gasteiger charge is -2.45. The Hall–Kier alpha value is -0.800. The Morgan fingerprint density at radius 1 is 1.13 bits per heavy atom. The summed E-state index contributed by atoms with van der Waals surface area (Å²) in [7, 11) is 1.68. The van der Waals surface area contributed by atoms with Gasteiger partial charge in [0.1, 0.15) is 5.67 Å². The van der Waals surface area contributed by atoms with Crippen molar-refractivity contribution in [3.8, 4) is 0 Å². The van der Waals surface area contributed by atoms with Crippen LogP contribution in [0.3, 0.4) is 0 Å². The van der Waals surface area contributed by atoms with E-state index in [-0.39, 0.29) is 24.0 Å². The molecule has 0 aromatic heterocycles. The molecular formula is C23H40FN5O2. The van der Waals surface area contributed by atoms with Gasteiger partial charge in [-0.3, -0.25) is 15.5 Å². The van der Waals surface area contributed by atoms with Crippen molar-refractivity contribution in [2.75, 3.05) is 33.3 Å². The topological polar surface area (TPSA) is 77.7 Å². The molecule has 0 bridgehead atoms. The molecule has 31 heavy (non-hydrogen) atoms. The first kappa shape index (κ1) is 22.0. The third kappa shape index (κ3) is 3.62. The van der Waals surface area contributed by atoms with Crippen molar-refractivity contribution in [1.29, 1.82) is 0 Å². The largest absolute Gasteiger partial charge is 0.368 e. The number of amides is 1. The van der Waals surface area contributed by atoms with Crippen LogP contribution in [0.2, 0.25) is 0 Å². The fraction of sp³-hybridized carbons (Fsp3) is 0.957. The Morgan fingerprint density at radius 2 is 1.90 bits per heavy atom. The molecule has 0 aromatic carbocycles. The predicted octanol–water partition coefficient (Wildman–Crippen LogP) is 1.30. The monoisotopic (exact) mass is 437 g/mol. The zero-order chi connectivity index (χ0) is 21.6. The van der Waals surface area contributed by atoms with Crippen molar-refractivity contribution in [3.63, 3.8) is 0 Å². The van der Waals surface area contributed by atoms with Crippen LogP contribution in [0.4, 0.5) is 4.39 Å². The van der Waals surface area contributed by atoms with E-state index in [9.17, 15) is 4.79 Å². The highest BCUT2D eigenvalue weighted by molar-refractivity contribution is 5.88. The molecule has 1 aliphatic carbocycles. The van der Waals surface area contributed by atoms with E-state index < -0.39 is 11.3 Å². The van der Waals surface area contributed by atoms with Crippen molar-refractivity contribution < 1.29 is 13.9 Å². The highest BCUT2D eigenvalue weighted by Crippen LogP contribution is 2.48. The van der Waals surface area contributed by atoms with E-state index in [1.807, 2.05) is 0 Å². The van der Waals surface area contributed by atoms with Crippen molar-refractivity contribution in [1.82, 2.24) is 26.4 Å². The average Bonchev–Trinajstić information content (AvgIpc) is 3.28. The second-order valence-corrected chi connectivity index (χ2v) is 10.5. The first-order valence-corrected chi connectivity index (χ1v) is 12.5. The lowest BCUT2D eigenvalue weighted by atomic mass is 9.66. The molecule has 7 atom stereocenters. The van der Waals surface area contributed by atoms with Crippen LogP contribution in [0.15, 0.2) is 0 Å². The lowest BCUT2D eigenvalue weighted by Crippen LogP contribution is -2.59. The molecule has 176 valence electrons. The number of carbonyl (C=O) groups excluding carboxylic acids is 1. The summed E-state index contributed by atoms with van der Waals surface area (Å²) in [4.78, 5) is 13.0. The number of hydrogen-bond acceptors (Lipinski definition) is 6. The maximum Gasteiger partial charge on any atom is 0.253 e. The number of piperidine rings is 2. The molecule has 5 rings (SSSR count). The van der Waals surface area contributed by atoms with Gasteiger partial charge in [-0.2, -0.15) is 0 Å². The lowest BCUT2D eigenvalue weighted by molar-refractivity contribution is -0.147. The van der Waals surface area contributed by atoms with E-state index >= 15 is 4.39 Å². The number of hydrazine groups is 1. The van der Waals surface area contributed by atoms with Crippen LogP contribution in [-0.4, -0.2) is 73.7 Å². The van der Waals surface area contributed by atoms with Gasteiger partial charge in [-0.05, 0) is 70.0 Å². The van der Waals surface area contributed by atoms with Gasteiger partial charge >= 0.3 is 0 Å². The minimum absolute atomic E-state index is 0.0133. The van der Waals surface area contributed by atoms with Crippen LogP contribution in [0.25, 0.3) is 0 Å². The summed E-state index contributed by atoms with van der Waals surface area (Å²) in [6.07, 6.45) is 7.62. The van der Waals surface area contributed by atoms with E-state index in [1.54, 1.807) is 7.11 Å². The molecule has 4 aliphatic heterocycles. The summed E-state index contributed by atoms with van der Waals surface area (Å²) in [6.45, 7) is 4.95. The van der Waals surface area contributed by atoms with Gasteiger partial charge in [0.25, 0.3) is 5.91 Å². The quantitative estimate of drug-likeness (QED) is 0.520. The summed E-state index contributed by atoms with van der Waals surface area (Å²) < 4.78 is 21.6. The Bertz CT molecular complexity index is 668. The van der Waals surface area contributed by atoms with E-state index in [4.69, 9.17) is 4.74 Å². The fourth-order valence-corrected chi connectivity index (χ4v) is 7.55. The van der Waals surface area contributed by atoms with Gasteiger partial charge in [-0.25, -0.2) is 9.40 Å². The standard InChI is InChI=1S/C23H40FN5O2/c1-3-23(31-2)18-16(8-11-26-20(18)27-21(23)30)19-15-6-4-5-7-17(15)29(28-19)14-22(24)9-12-25-13-10-22/h15-20,25-26,28H,3-14H2,1-2H3,(H,27,30)/t15?,16?,17?,18?,19?,20?,23-/m0/s1. The van der Waals surface area contributed by atoms with E-state index in [1.165, 1.54) is 19.3 Å². The molecule has 7 nitrogen and oxygen atoms in total. The smallest absolute Gasteiger partial charge is 0.253 e. The van der Waals surface area contributed by atoms with Crippen molar-refractivity contribution >= 4 is 5.91 Å². The highest BCUT2D eigenvalue weighted by Gasteiger charge is 2.62. The van der Waals surface area contributed by atoms with Crippen LogP contribution in [0.5, 0.6) is 0 Å². The summed E-state index contributed by atoms with van der Waals surface area (Å²) >= 11 is 0. The van der Waals surface area contributed by atoms with Crippen LogP contribution < -0.4 is 21.4 Å². The maximum absolute atomic E-state index is 15.6. The highest BCUT2D eigenvalue weighted by atomic mass is 19.1. The normalized spacial score (nSPS) is 45.2. The molecule has 0 radical (unpaired) electrons. The molecule has 0 spiro atoms. The number of ether oxygens (including phenoxy) is 1. The number of methoxy groups -OCH3 is 1. The van der Waals surface area contributed by atoms with Gasteiger partial charge in [-0.1, -0.05) is 19.8 Å². The first-order chi connectivity index (χ1) is 15.0. The summed E-state index contributed by atoms with van der Waals surface area (Å²) in [5.74, 6) is 0.940. The molecule has 4 heterocycles. The van der Waals surface area contributed by atoms with Gasteiger partial charge in [0.2, 0.25) is 0 Å². The third-order valence-corrected chi connectivity index (χ3v) is 9.13. The Morgan fingerprint density at radius 3 is 2.65 bits per heavy atom.